The zero-order valence-corrected chi connectivity index (χ0v) is 11.3. The van der Waals surface area contributed by atoms with E-state index in [2.05, 4.69) is 47.8 Å². The predicted molar refractivity (Wildman–Crippen MR) is 70.8 cm³/mol. The molecule has 1 aliphatic rings. The minimum atomic E-state index is -0.337. The first kappa shape index (κ1) is 12.6. The Morgan fingerprint density at radius 1 is 1.71 bits per heavy atom. The van der Waals surface area contributed by atoms with Gasteiger partial charge in [-0.15, -0.1) is 11.3 Å². The number of likely N-dealkylation sites (tertiary alicyclic amines) is 1. The Kier molecular flexibility index (Phi) is 3.82. The van der Waals surface area contributed by atoms with Crippen LogP contribution in [0.3, 0.4) is 0 Å². The van der Waals surface area contributed by atoms with Crippen molar-refractivity contribution in [3.05, 3.63) is 22.4 Å². The predicted octanol–water partition coefficient (Wildman–Crippen LogP) is 2.21. The van der Waals surface area contributed by atoms with Gasteiger partial charge in [-0.05, 0) is 38.3 Å². The summed E-state index contributed by atoms with van der Waals surface area (Å²) in [6.07, 6.45) is 1.82. The van der Waals surface area contributed by atoms with Crippen LogP contribution in [0.1, 0.15) is 24.6 Å². The third-order valence-electron chi connectivity index (χ3n) is 3.68. The van der Waals surface area contributed by atoms with Crippen LogP contribution in [0.25, 0.3) is 0 Å². The molecular formula is C13H19N3S. The number of piperidine rings is 1. The van der Waals surface area contributed by atoms with Crippen molar-refractivity contribution in [1.82, 2.24) is 10.2 Å². The van der Waals surface area contributed by atoms with Gasteiger partial charge in [-0.1, -0.05) is 6.07 Å². The molecule has 2 atom stereocenters. The van der Waals surface area contributed by atoms with Crippen LogP contribution in [0.5, 0.6) is 0 Å². The van der Waals surface area contributed by atoms with Crippen LogP contribution in [-0.2, 0) is 6.54 Å². The van der Waals surface area contributed by atoms with Crippen molar-refractivity contribution in [1.29, 1.82) is 5.26 Å². The Morgan fingerprint density at radius 2 is 2.53 bits per heavy atom. The quantitative estimate of drug-likeness (QED) is 0.892. The molecule has 0 bridgehead atoms. The van der Waals surface area contributed by atoms with E-state index in [0.717, 1.165) is 25.9 Å². The van der Waals surface area contributed by atoms with E-state index in [1.807, 2.05) is 0 Å². The van der Waals surface area contributed by atoms with E-state index in [4.69, 9.17) is 0 Å². The van der Waals surface area contributed by atoms with Crippen molar-refractivity contribution in [2.75, 3.05) is 13.6 Å². The van der Waals surface area contributed by atoms with Crippen molar-refractivity contribution >= 4 is 11.3 Å². The van der Waals surface area contributed by atoms with Gasteiger partial charge in [0.1, 0.15) is 5.54 Å². The summed E-state index contributed by atoms with van der Waals surface area (Å²) in [5.41, 5.74) is -0.337. The highest BCUT2D eigenvalue weighted by molar-refractivity contribution is 7.09. The summed E-state index contributed by atoms with van der Waals surface area (Å²) in [7, 11) is 2.13. The first-order chi connectivity index (χ1) is 8.15. The Bertz CT molecular complexity index is 395. The fourth-order valence-corrected chi connectivity index (χ4v) is 2.97. The van der Waals surface area contributed by atoms with Gasteiger partial charge < -0.3 is 4.90 Å². The van der Waals surface area contributed by atoms with Crippen LogP contribution in [0.2, 0.25) is 0 Å². The second-order valence-corrected chi connectivity index (χ2v) is 5.94. The molecular weight excluding hydrogens is 230 g/mol. The third kappa shape index (κ3) is 2.86. The minimum absolute atomic E-state index is 0.337. The maximum atomic E-state index is 9.45. The molecule has 17 heavy (non-hydrogen) atoms. The van der Waals surface area contributed by atoms with E-state index in [-0.39, 0.29) is 5.54 Å². The lowest BCUT2D eigenvalue weighted by Crippen LogP contribution is -2.54. The smallest absolute Gasteiger partial charge is 0.109 e. The molecule has 1 saturated heterocycles. The van der Waals surface area contributed by atoms with Crippen molar-refractivity contribution in [3.8, 4) is 6.07 Å². The molecule has 0 aliphatic carbocycles. The first-order valence-corrected chi connectivity index (χ1v) is 6.92. The number of nitrogens with one attached hydrogen (secondary N) is 1. The molecule has 4 heteroatoms. The topological polar surface area (TPSA) is 39.1 Å². The van der Waals surface area contributed by atoms with Crippen LogP contribution in [0.4, 0.5) is 0 Å². The number of thiophene rings is 1. The summed E-state index contributed by atoms with van der Waals surface area (Å²) in [5, 5.41) is 15.0. The minimum Gasteiger partial charge on any atom is -0.303 e. The van der Waals surface area contributed by atoms with Gasteiger partial charge in [0.2, 0.25) is 0 Å². The lowest BCUT2D eigenvalue weighted by molar-refractivity contribution is 0.137. The molecule has 3 nitrogen and oxygen atoms in total. The second kappa shape index (κ2) is 5.18. The molecule has 2 heterocycles. The molecule has 0 radical (unpaired) electrons. The summed E-state index contributed by atoms with van der Waals surface area (Å²) in [6.45, 7) is 3.99. The summed E-state index contributed by atoms with van der Waals surface area (Å²) >= 11 is 1.74. The Morgan fingerprint density at radius 3 is 3.12 bits per heavy atom. The number of rotatable bonds is 3. The van der Waals surface area contributed by atoms with E-state index in [1.165, 1.54) is 4.88 Å². The fraction of sp³-hybridized carbons (Fsp3) is 0.615. The summed E-state index contributed by atoms with van der Waals surface area (Å²) < 4.78 is 0. The van der Waals surface area contributed by atoms with Gasteiger partial charge in [0.05, 0.1) is 6.07 Å². The molecule has 1 aromatic heterocycles. The van der Waals surface area contributed by atoms with Crippen LogP contribution in [0, 0.1) is 11.3 Å². The van der Waals surface area contributed by atoms with Gasteiger partial charge in [-0.2, -0.15) is 5.26 Å². The lowest BCUT2D eigenvalue weighted by atomic mass is 9.85. The van der Waals surface area contributed by atoms with E-state index in [1.54, 1.807) is 11.3 Å². The van der Waals surface area contributed by atoms with Crippen LogP contribution in [-0.4, -0.2) is 30.1 Å². The monoisotopic (exact) mass is 249 g/mol. The Balaban J connectivity index is 1.98. The molecule has 1 N–H and O–H groups in total. The molecule has 92 valence electrons. The van der Waals surface area contributed by atoms with Crippen LogP contribution >= 0.6 is 11.3 Å². The standard InChI is InChI=1S/C13H19N3S/c1-11-8-13(10-14,5-6-16(11)2)15-9-12-4-3-7-17-12/h3-4,7,11,15H,5-6,8-9H2,1-2H3. The van der Waals surface area contributed by atoms with Gasteiger partial charge in [0, 0.05) is 24.0 Å². The largest absolute Gasteiger partial charge is 0.303 e. The van der Waals surface area contributed by atoms with E-state index < -0.39 is 0 Å². The molecule has 0 amide bonds. The number of hydrogen-bond donors (Lipinski definition) is 1. The average Bonchev–Trinajstić information content (AvgIpc) is 2.84. The molecule has 2 unspecified atom stereocenters. The Labute approximate surface area is 107 Å². The van der Waals surface area contributed by atoms with Crippen LogP contribution in [0.15, 0.2) is 17.5 Å². The first-order valence-electron chi connectivity index (χ1n) is 6.04. The fourth-order valence-electron chi connectivity index (χ4n) is 2.32. The molecule has 2 rings (SSSR count). The van der Waals surface area contributed by atoms with Gasteiger partial charge in [-0.25, -0.2) is 0 Å². The molecule has 0 aromatic carbocycles. The maximum absolute atomic E-state index is 9.45. The van der Waals surface area contributed by atoms with E-state index >= 15 is 0 Å². The molecule has 0 spiro atoms. The molecule has 1 fully saturated rings. The highest BCUT2D eigenvalue weighted by Gasteiger charge is 2.36. The van der Waals surface area contributed by atoms with E-state index in [9.17, 15) is 5.26 Å². The van der Waals surface area contributed by atoms with Gasteiger partial charge in [0.15, 0.2) is 0 Å². The zero-order chi connectivity index (χ0) is 12.3. The maximum Gasteiger partial charge on any atom is 0.109 e. The van der Waals surface area contributed by atoms with Crippen molar-refractivity contribution in [2.24, 2.45) is 0 Å². The second-order valence-electron chi connectivity index (χ2n) is 4.91. The molecule has 0 saturated carbocycles. The Hall–Kier alpha value is -0.890. The number of hydrogen-bond acceptors (Lipinski definition) is 4. The highest BCUT2D eigenvalue weighted by atomic mass is 32.1. The van der Waals surface area contributed by atoms with Gasteiger partial charge in [-0.3, -0.25) is 5.32 Å². The summed E-state index contributed by atoms with van der Waals surface area (Å²) in [4.78, 5) is 3.62. The number of nitrogens with zero attached hydrogens (tertiary/aromatic N) is 2. The van der Waals surface area contributed by atoms with Crippen LogP contribution < -0.4 is 5.32 Å². The van der Waals surface area contributed by atoms with E-state index in [0.29, 0.717) is 6.04 Å². The SMILES string of the molecule is CC1CC(C#N)(NCc2cccs2)CCN1C. The summed E-state index contributed by atoms with van der Waals surface area (Å²) in [6, 6.07) is 7.13. The molecule has 1 aromatic rings. The van der Waals surface area contributed by atoms with Gasteiger partial charge in [0.25, 0.3) is 0 Å². The van der Waals surface area contributed by atoms with Crippen molar-refractivity contribution < 1.29 is 0 Å². The zero-order valence-electron chi connectivity index (χ0n) is 10.4. The summed E-state index contributed by atoms with van der Waals surface area (Å²) in [5.74, 6) is 0. The van der Waals surface area contributed by atoms with Crippen molar-refractivity contribution in [2.45, 2.75) is 37.9 Å². The lowest BCUT2D eigenvalue weighted by Gasteiger charge is -2.40. The average molecular weight is 249 g/mol. The highest BCUT2D eigenvalue weighted by Crippen LogP contribution is 2.26. The normalized spacial score (nSPS) is 30.1. The number of nitriles is 1. The molecule has 1 aliphatic heterocycles. The third-order valence-corrected chi connectivity index (χ3v) is 4.56. The van der Waals surface area contributed by atoms with Crippen molar-refractivity contribution in [3.63, 3.8) is 0 Å². The van der Waals surface area contributed by atoms with Gasteiger partial charge >= 0.3 is 0 Å².